The van der Waals surface area contributed by atoms with Crippen LogP contribution in [0.25, 0.3) is 11.3 Å². The number of furan rings is 1. The molecule has 1 amide bonds. The van der Waals surface area contributed by atoms with Crippen molar-refractivity contribution in [3.05, 3.63) is 76.8 Å². The van der Waals surface area contributed by atoms with Gasteiger partial charge in [0, 0.05) is 34.8 Å². The first-order valence-electron chi connectivity index (χ1n) is 7.59. The monoisotopic (exact) mass is 379 g/mol. The van der Waals surface area contributed by atoms with Crippen molar-refractivity contribution in [3.63, 3.8) is 0 Å². The number of anilines is 1. The maximum absolute atomic E-state index is 14.2. The van der Waals surface area contributed by atoms with Crippen LogP contribution in [-0.4, -0.2) is 5.91 Å². The third kappa shape index (κ3) is 3.75. The molecule has 3 aromatic rings. The molecule has 26 heavy (non-hydrogen) atoms. The highest BCUT2D eigenvalue weighted by atomic mass is 35.5. The van der Waals surface area contributed by atoms with Gasteiger partial charge in [-0.3, -0.25) is 4.79 Å². The van der Waals surface area contributed by atoms with E-state index in [4.69, 9.17) is 16.0 Å². The highest BCUT2D eigenvalue weighted by Gasteiger charge is 2.30. The standard InChI is InChI=1S/C19H13ClF3NO2/c1-19(22,23)14-8-3-2-7-13(14)16-10-15(21)17(26-16)18(25)24-12-6-4-5-11(20)9-12/h2-10H,1H3,(H,24,25). The molecule has 1 N–H and O–H groups in total. The van der Waals surface area contributed by atoms with Crippen LogP contribution in [0.5, 0.6) is 0 Å². The Balaban J connectivity index is 1.94. The number of halogens is 4. The Kier molecular flexibility index (Phi) is 4.78. The van der Waals surface area contributed by atoms with Crippen LogP contribution in [0.1, 0.15) is 23.0 Å². The summed E-state index contributed by atoms with van der Waals surface area (Å²) in [4.78, 5) is 12.2. The average Bonchev–Trinajstić information content (AvgIpc) is 2.96. The van der Waals surface area contributed by atoms with Gasteiger partial charge in [0.2, 0.25) is 5.76 Å². The van der Waals surface area contributed by atoms with E-state index < -0.39 is 23.4 Å². The highest BCUT2D eigenvalue weighted by molar-refractivity contribution is 6.30. The molecule has 2 aromatic carbocycles. The summed E-state index contributed by atoms with van der Waals surface area (Å²) in [6, 6.07) is 12.8. The molecule has 0 aliphatic carbocycles. The maximum Gasteiger partial charge on any atom is 0.294 e. The Morgan fingerprint density at radius 1 is 1.12 bits per heavy atom. The fraction of sp³-hybridized carbons (Fsp3) is 0.105. The predicted molar refractivity (Wildman–Crippen MR) is 93.1 cm³/mol. The maximum atomic E-state index is 14.2. The number of alkyl halides is 2. The number of hydrogen-bond acceptors (Lipinski definition) is 2. The average molecular weight is 380 g/mol. The molecule has 0 bridgehead atoms. The minimum atomic E-state index is -3.15. The van der Waals surface area contributed by atoms with Crippen molar-refractivity contribution in [2.75, 3.05) is 5.32 Å². The zero-order chi connectivity index (χ0) is 18.9. The van der Waals surface area contributed by atoms with Gasteiger partial charge in [0.05, 0.1) is 0 Å². The SMILES string of the molecule is CC(F)(F)c1ccccc1-c1cc(F)c(C(=O)Nc2cccc(Cl)c2)o1. The van der Waals surface area contributed by atoms with Gasteiger partial charge >= 0.3 is 0 Å². The van der Waals surface area contributed by atoms with E-state index in [0.717, 1.165) is 13.0 Å². The summed E-state index contributed by atoms with van der Waals surface area (Å²) in [6.45, 7) is 0.734. The van der Waals surface area contributed by atoms with Crippen molar-refractivity contribution >= 4 is 23.2 Å². The topological polar surface area (TPSA) is 42.2 Å². The summed E-state index contributed by atoms with van der Waals surface area (Å²) in [5.74, 6) is -5.71. The van der Waals surface area contributed by atoms with Gasteiger partial charge in [-0.05, 0) is 18.2 Å². The lowest BCUT2D eigenvalue weighted by Gasteiger charge is -2.14. The number of carbonyl (C=O) groups is 1. The molecule has 7 heteroatoms. The Morgan fingerprint density at radius 2 is 1.85 bits per heavy atom. The van der Waals surface area contributed by atoms with Crippen molar-refractivity contribution in [1.82, 2.24) is 0 Å². The molecule has 1 aromatic heterocycles. The molecule has 0 aliphatic rings. The largest absolute Gasteiger partial charge is 0.448 e. The van der Waals surface area contributed by atoms with E-state index in [-0.39, 0.29) is 16.9 Å². The van der Waals surface area contributed by atoms with Gasteiger partial charge in [-0.15, -0.1) is 0 Å². The van der Waals surface area contributed by atoms with Crippen molar-refractivity contribution in [2.24, 2.45) is 0 Å². The summed E-state index contributed by atoms with van der Waals surface area (Å²) in [5.41, 5.74) is 0.0385. The molecule has 0 spiro atoms. The first kappa shape index (κ1) is 18.1. The molecule has 0 saturated heterocycles. The lowest BCUT2D eigenvalue weighted by atomic mass is 10.0. The van der Waals surface area contributed by atoms with Crippen molar-refractivity contribution < 1.29 is 22.4 Å². The van der Waals surface area contributed by atoms with Gasteiger partial charge in [0.15, 0.2) is 5.82 Å². The smallest absolute Gasteiger partial charge is 0.294 e. The normalized spacial score (nSPS) is 11.4. The van der Waals surface area contributed by atoms with E-state index in [1.165, 1.54) is 30.3 Å². The van der Waals surface area contributed by atoms with Gasteiger partial charge in [-0.2, -0.15) is 0 Å². The minimum absolute atomic E-state index is 0.0145. The van der Waals surface area contributed by atoms with Crippen molar-refractivity contribution in [2.45, 2.75) is 12.8 Å². The van der Waals surface area contributed by atoms with Crippen LogP contribution < -0.4 is 5.32 Å². The van der Waals surface area contributed by atoms with Crippen LogP contribution in [0.2, 0.25) is 5.02 Å². The second kappa shape index (κ2) is 6.88. The molecular weight excluding hydrogens is 367 g/mol. The highest BCUT2D eigenvalue weighted by Crippen LogP contribution is 2.36. The van der Waals surface area contributed by atoms with E-state index in [2.05, 4.69) is 5.32 Å². The molecule has 0 saturated carbocycles. The molecular formula is C19H13ClF3NO2. The molecule has 3 rings (SSSR count). The van der Waals surface area contributed by atoms with Crippen molar-refractivity contribution in [3.8, 4) is 11.3 Å². The molecule has 0 fully saturated rings. The van der Waals surface area contributed by atoms with E-state index >= 15 is 0 Å². The molecule has 3 nitrogen and oxygen atoms in total. The summed E-state index contributed by atoms with van der Waals surface area (Å²) in [5, 5.41) is 2.84. The molecule has 0 aliphatic heterocycles. The van der Waals surface area contributed by atoms with Gasteiger partial charge in [-0.25, -0.2) is 13.2 Å². The van der Waals surface area contributed by atoms with Gasteiger partial charge in [0.25, 0.3) is 11.8 Å². The molecule has 134 valence electrons. The molecule has 1 heterocycles. The molecule has 0 radical (unpaired) electrons. The Labute approximate surface area is 152 Å². The Hall–Kier alpha value is -2.73. The van der Waals surface area contributed by atoms with Gasteiger partial charge in [0.1, 0.15) is 5.76 Å². The summed E-state index contributed by atoms with van der Waals surface area (Å²) < 4.78 is 47.0. The predicted octanol–water partition coefficient (Wildman–Crippen LogP) is 6.10. The van der Waals surface area contributed by atoms with E-state index in [1.54, 1.807) is 18.2 Å². The second-order valence-electron chi connectivity index (χ2n) is 5.69. The number of amides is 1. The van der Waals surface area contributed by atoms with Crippen LogP contribution >= 0.6 is 11.6 Å². The molecule has 0 atom stereocenters. The van der Waals surface area contributed by atoms with Gasteiger partial charge in [-0.1, -0.05) is 41.9 Å². The van der Waals surface area contributed by atoms with Crippen LogP contribution in [-0.2, 0) is 5.92 Å². The summed E-state index contributed by atoms with van der Waals surface area (Å²) >= 11 is 5.83. The number of benzene rings is 2. The van der Waals surface area contributed by atoms with Crippen LogP contribution in [0.4, 0.5) is 18.9 Å². The molecule has 0 unspecified atom stereocenters. The number of rotatable bonds is 4. The lowest BCUT2D eigenvalue weighted by Crippen LogP contribution is -2.12. The summed E-state index contributed by atoms with van der Waals surface area (Å²) in [6.07, 6.45) is 0. The Bertz CT molecular complexity index is 963. The third-order valence-corrected chi connectivity index (χ3v) is 3.88. The lowest BCUT2D eigenvalue weighted by molar-refractivity contribution is 0.0179. The number of carbonyl (C=O) groups excluding carboxylic acids is 1. The van der Waals surface area contributed by atoms with E-state index in [0.29, 0.717) is 10.7 Å². The quantitative estimate of drug-likeness (QED) is 0.594. The van der Waals surface area contributed by atoms with Crippen LogP contribution in [0.3, 0.4) is 0 Å². The van der Waals surface area contributed by atoms with Crippen molar-refractivity contribution in [1.29, 1.82) is 0 Å². The third-order valence-electron chi connectivity index (χ3n) is 3.64. The van der Waals surface area contributed by atoms with Gasteiger partial charge < -0.3 is 9.73 Å². The zero-order valence-corrected chi connectivity index (χ0v) is 14.3. The van der Waals surface area contributed by atoms with E-state index in [1.807, 2.05) is 0 Å². The van der Waals surface area contributed by atoms with E-state index in [9.17, 15) is 18.0 Å². The second-order valence-corrected chi connectivity index (χ2v) is 6.12. The van der Waals surface area contributed by atoms with Crippen LogP contribution in [0, 0.1) is 5.82 Å². The first-order valence-corrected chi connectivity index (χ1v) is 7.97. The number of nitrogens with one attached hydrogen (secondary N) is 1. The number of hydrogen-bond donors (Lipinski definition) is 1. The Morgan fingerprint density at radius 3 is 2.54 bits per heavy atom. The fourth-order valence-corrected chi connectivity index (χ4v) is 2.68. The zero-order valence-electron chi connectivity index (χ0n) is 13.5. The first-order chi connectivity index (χ1) is 12.3. The van der Waals surface area contributed by atoms with Crippen LogP contribution in [0.15, 0.2) is 59.0 Å². The summed E-state index contributed by atoms with van der Waals surface area (Å²) in [7, 11) is 0. The fourth-order valence-electron chi connectivity index (χ4n) is 2.49. The minimum Gasteiger partial charge on any atom is -0.448 e.